The number of esters is 1. The Balaban J connectivity index is 3.15. The van der Waals surface area contributed by atoms with Crippen molar-refractivity contribution in [2.75, 3.05) is 6.61 Å². The molecule has 18 heavy (non-hydrogen) atoms. The number of aromatic nitrogens is 1. The van der Waals surface area contributed by atoms with Gasteiger partial charge in [0.1, 0.15) is 6.07 Å². The van der Waals surface area contributed by atoms with E-state index in [1.165, 1.54) is 0 Å². The van der Waals surface area contributed by atoms with Crippen LogP contribution in [0.2, 0.25) is 0 Å². The number of nitrogens with zero attached hydrogens (tertiary/aromatic N) is 2. The van der Waals surface area contributed by atoms with Gasteiger partial charge in [-0.3, -0.25) is 4.79 Å². The molecule has 1 heterocycles. The lowest BCUT2D eigenvalue weighted by molar-refractivity contribution is -0.142. The highest BCUT2D eigenvalue weighted by molar-refractivity contribution is 9.10. The number of pyridine rings is 1. The first-order valence-corrected chi connectivity index (χ1v) is 5.82. The summed E-state index contributed by atoms with van der Waals surface area (Å²) in [4.78, 5) is 15.0. The molecule has 0 aliphatic rings. The summed E-state index contributed by atoms with van der Waals surface area (Å²) in [7, 11) is 0. The Morgan fingerprint density at radius 1 is 1.67 bits per heavy atom. The van der Waals surface area contributed by atoms with E-state index >= 15 is 0 Å². The fraction of sp³-hybridized carbons (Fsp3) is 0.364. The zero-order valence-corrected chi connectivity index (χ0v) is 11.0. The third-order valence-electron chi connectivity index (χ3n) is 2.05. The molecule has 96 valence electrons. The first kappa shape index (κ1) is 14.5. The maximum Gasteiger partial charge on any atom is 0.311 e. The summed E-state index contributed by atoms with van der Waals surface area (Å²) in [5, 5.41) is 8.76. The normalized spacial score (nSPS) is 10.2. The molecule has 0 N–H and O–H groups in total. The Morgan fingerprint density at radius 3 is 2.83 bits per heavy atom. The number of carbonyl (C=O) groups is 1. The minimum Gasteiger partial charge on any atom is -0.466 e. The lowest BCUT2D eigenvalue weighted by Crippen LogP contribution is -2.12. The number of hydrogen-bond acceptors (Lipinski definition) is 4. The molecule has 0 amide bonds. The van der Waals surface area contributed by atoms with E-state index in [9.17, 15) is 13.6 Å². The zero-order valence-electron chi connectivity index (χ0n) is 9.41. The molecule has 0 spiro atoms. The van der Waals surface area contributed by atoms with Gasteiger partial charge in [0.05, 0.1) is 23.2 Å². The van der Waals surface area contributed by atoms with Crippen molar-refractivity contribution in [3.05, 3.63) is 27.5 Å². The van der Waals surface area contributed by atoms with Gasteiger partial charge in [-0.25, -0.2) is 13.8 Å². The molecule has 4 nitrogen and oxygen atoms in total. The predicted octanol–water partition coefficient (Wildman–Crippen LogP) is 2.76. The molecule has 0 unspecified atom stereocenters. The van der Waals surface area contributed by atoms with Gasteiger partial charge in [-0.05, 0) is 28.9 Å². The maximum absolute atomic E-state index is 12.8. The van der Waals surface area contributed by atoms with Gasteiger partial charge in [-0.2, -0.15) is 5.26 Å². The van der Waals surface area contributed by atoms with Crippen molar-refractivity contribution in [2.45, 2.75) is 19.8 Å². The summed E-state index contributed by atoms with van der Waals surface area (Å²) in [6.45, 7) is 1.77. The van der Waals surface area contributed by atoms with Gasteiger partial charge in [-0.1, -0.05) is 0 Å². The monoisotopic (exact) mass is 318 g/mol. The molecule has 1 aromatic heterocycles. The van der Waals surface area contributed by atoms with Crippen molar-refractivity contribution in [1.29, 1.82) is 5.26 Å². The summed E-state index contributed by atoms with van der Waals surface area (Å²) in [6.07, 6.45) is -3.15. The summed E-state index contributed by atoms with van der Waals surface area (Å²) >= 11 is 2.97. The largest absolute Gasteiger partial charge is 0.466 e. The Labute approximate surface area is 111 Å². The van der Waals surface area contributed by atoms with E-state index in [0.717, 1.165) is 6.07 Å². The van der Waals surface area contributed by atoms with Crippen LogP contribution in [0.3, 0.4) is 0 Å². The topological polar surface area (TPSA) is 63.0 Å². The molecule has 7 heteroatoms. The number of alkyl halides is 2. The average Bonchev–Trinajstić information content (AvgIpc) is 2.30. The lowest BCUT2D eigenvalue weighted by atomic mass is 10.1. The second-order valence-corrected chi connectivity index (χ2v) is 4.10. The smallest absolute Gasteiger partial charge is 0.311 e. The quantitative estimate of drug-likeness (QED) is 0.801. The van der Waals surface area contributed by atoms with Crippen LogP contribution in [0.25, 0.3) is 0 Å². The molecule has 0 saturated carbocycles. The molecule has 0 aliphatic heterocycles. The van der Waals surface area contributed by atoms with Gasteiger partial charge in [0.15, 0.2) is 5.69 Å². The van der Waals surface area contributed by atoms with Crippen LogP contribution in [0.4, 0.5) is 8.78 Å². The predicted molar refractivity (Wildman–Crippen MR) is 61.9 cm³/mol. The van der Waals surface area contributed by atoms with Crippen molar-refractivity contribution in [2.24, 2.45) is 0 Å². The van der Waals surface area contributed by atoms with Crippen molar-refractivity contribution in [1.82, 2.24) is 4.98 Å². The standard InChI is InChI=1S/C11H9BrF2N2O2/c1-2-18-10(17)4-8-6(11(13)14)3-7(12)9(5-15)16-8/h3,11H,2,4H2,1H3. The van der Waals surface area contributed by atoms with Crippen LogP contribution >= 0.6 is 15.9 Å². The molecular weight excluding hydrogens is 310 g/mol. The van der Waals surface area contributed by atoms with E-state index in [-0.39, 0.29) is 34.5 Å². The minimum absolute atomic E-state index is 0.0429. The van der Waals surface area contributed by atoms with Crippen LogP contribution in [0.5, 0.6) is 0 Å². The molecule has 0 fully saturated rings. The van der Waals surface area contributed by atoms with E-state index in [1.54, 1.807) is 13.0 Å². The molecule has 1 aromatic rings. The van der Waals surface area contributed by atoms with E-state index in [0.29, 0.717) is 0 Å². The number of carbonyl (C=O) groups excluding carboxylic acids is 1. The number of rotatable bonds is 4. The fourth-order valence-corrected chi connectivity index (χ4v) is 1.72. The average molecular weight is 319 g/mol. The molecule has 1 rings (SSSR count). The lowest BCUT2D eigenvalue weighted by Gasteiger charge is -2.09. The minimum atomic E-state index is -2.77. The summed E-state index contributed by atoms with van der Waals surface area (Å²) in [5.41, 5.74) is -0.559. The molecule has 0 bridgehead atoms. The van der Waals surface area contributed by atoms with E-state index < -0.39 is 12.4 Å². The number of nitriles is 1. The van der Waals surface area contributed by atoms with Crippen LogP contribution in [0.15, 0.2) is 10.5 Å². The Kier molecular flexibility index (Phi) is 5.16. The maximum atomic E-state index is 12.8. The fourth-order valence-electron chi connectivity index (χ4n) is 1.30. The Morgan fingerprint density at radius 2 is 2.33 bits per heavy atom. The first-order valence-electron chi connectivity index (χ1n) is 5.02. The third kappa shape index (κ3) is 3.47. The number of hydrogen-bond donors (Lipinski definition) is 0. The second-order valence-electron chi connectivity index (χ2n) is 3.25. The Hall–Kier alpha value is -1.55. The van der Waals surface area contributed by atoms with Crippen LogP contribution in [0.1, 0.15) is 30.3 Å². The molecule has 0 radical (unpaired) electrons. The van der Waals surface area contributed by atoms with Gasteiger partial charge in [0.2, 0.25) is 0 Å². The SMILES string of the molecule is CCOC(=O)Cc1nc(C#N)c(Br)cc1C(F)F. The molecule has 0 aromatic carbocycles. The van der Waals surface area contributed by atoms with Crippen LogP contribution in [-0.2, 0) is 16.0 Å². The first-order chi connectivity index (χ1) is 8.49. The molecule has 0 saturated heterocycles. The highest BCUT2D eigenvalue weighted by Gasteiger charge is 2.20. The number of halogens is 3. The summed E-state index contributed by atoms with van der Waals surface area (Å²) < 4.78 is 30.4. The van der Waals surface area contributed by atoms with Gasteiger partial charge in [0.25, 0.3) is 6.43 Å². The van der Waals surface area contributed by atoms with Crippen LogP contribution in [-0.4, -0.2) is 17.6 Å². The highest BCUT2D eigenvalue weighted by Crippen LogP contribution is 2.27. The van der Waals surface area contributed by atoms with Crippen molar-refractivity contribution in [3.63, 3.8) is 0 Å². The molecule has 0 aliphatic carbocycles. The Bertz CT molecular complexity index is 501. The zero-order chi connectivity index (χ0) is 13.7. The van der Waals surface area contributed by atoms with E-state index in [4.69, 9.17) is 5.26 Å². The van der Waals surface area contributed by atoms with Gasteiger partial charge < -0.3 is 4.74 Å². The van der Waals surface area contributed by atoms with Crippen molar-refractivity contribution in [3.8, 4) is 6.07 Å². The second kappa shape index (κ2) is 6.40. The van der Waals surface area contributed by atoms with Gasteiger partial charge in [0, 0.05) is 5.56 Å². The highest BCUT2D eigenvalue weighted by atomic mass is 79.9. The molecular formula is C11H9BrF2N2O2. The van der Waals surface area contributed by atoms with E-state index in [2.05, 4.69) is 25.7 Å². The van der Waals surface area contributed by atoms with Crippen molar-refractivity contribution >= 4 is 21.9 Å². The summed E-state index contributed by atoms with van der Waals surface area (Å²) in [6, 6.07) is 2.85. The summed E-state index contributed by atoms with van der Waals surface area (Å²) in [5.74, 6) is -0.655. The van der Waals surface area contributed by atoms with Gasteiger partial charge in [-0.15, -0.1) is 0 Å². The van der Waals surface area contributed by atoms with Crippen LogP contribution in [0, 0.1) is 11.3 Å². The number of ether oxygens (including phenoxy) is 1. The van der Waals surface area contributed by atoms with E-state index in [1.807, 2.05) is 0 Å². The third-order valence-corrected chi connectivity index (χ3v) is 2.65. The van der Waals surface area contributed by atoms with Crippen molar-refractivity contribution < 1.29 is 18.3 Å². The van der Waals surface area contributed by atoms with Crippen LogP contribution < -0.4 is 0 Å². The van der Waals surface area contributed by atoms with Gasteiger partial charge >= 0.3 is 5.97 Å². The molecule has 0 atom stereocenters.